The average molecular weight is 265 g/mol. The molecule has 1 aromatic rings. The van der Waals surface area contributed by atoms with Crippen molar-refractivity contribution in [3.63, 3.8) is 0 Å². The van der Waals surface area contributed by atoms with Crippen LogP contribution < -0.4 is 10.1 Å². The van der Waals surface area contributed by atoms with Crippen molar-refractivity contribution in [2.75, 3.05) is 13.6 Å². The summed E-state index contributed by atoms with van der Waals surface area (Å²) in [6.07, 6.45) is 4.38. The van der Waals surface area contributed by atoms with Crippen molar-refractivity contribution >= 4 is 0 Å². The highest BCUT2D eigenvalue weighted by Gasteiger charge is 2.32. The number of rotatable bonds is 6. The zero-order chi connectivity index (χ0) is 13.9. The van der Waals surface area contributed by atoms with Gasteiger partial charge in [-0.1, -0.05) is 20.3 Å². The Morgan fingerprint density at radius 1 is 1.47 bits per heavy atom. The Hall–Kier alpha value is -1.09. The van der Waals surface area contributed by atoms with Gasteiger partial charge in [0.05, 0.1) is 0 Å². The van der Waals surface area contributed by atoms with Gasteiger partial charge in [-0.05, 0) is 43.5 Å². The van der Waals surface area contributed by atoms with Crippen molar-refractivity contribution in [3.8, 4) is 5.75 Å². The van der Waals surface area contributed by atoms with Gasteiger partial charge in [-0.2, -0.15) is 0 Å². The molecule has 0 aromatic heterocycles. The van der Waals surface area contributed by atoms with Gasteiger partial charge in [-0.25, -0.2) is 4.39 Å². The topological polar surface area (TPSA) is 21.3 Å². The largest absolute Gasteiger partial charge is 0.490 e. The van der Waals surface area contributed by atoms with E-state index >= 15 is 0 Å². The Morgan fingerprint density at radius 2 is 2.26 bits per heavy atom. The number of nitrogens with one attached hydrogen (secondary N) is 1. The average Bonchev–Trinajstić information content (AvgIpc) is 2.70. The third kappa shape index (κ3) is 3.47. The standard InChI is InChI=1S/C16H24FNO/c1-4-7-16(2,11-18-3)10-14-9-12-8-13(17)5-6-15(12)19-14/h5-6,8,14,18H,4,7,9-11H2,1-3H3. The Balaban J connectivity index is 2.02. The maximum Gasteiger partial charge on any atom is 0.123 e. The summed E-state index contributed by atoms with van der Waals surface area (Å²) >= 11 is 0. The van der Waals surface area contributed by atoms with Crippen molar-refractivity contribution in [2.24, 2.45) is 5.41 Å². The fourth-order valence-electron chi connectivity index (χ4n) is 3.25. The van der Waals surface area contributed by atoms with Gasteiger partial charge in [0.2, 0.25) is 0 Å². The monoisotopic (exact) mass is 265 g/mol. The normalized spacial score (nSPS) is 20.7. The highest BCUT2D eigenvalue weighted by Crippen LogP contribution is 2.36. The minimum absolute atomic E-state index is 0.172. The summed E-state index contributed by atoms with van der Waals surface area (Å²) in [7, 11) is 1.99. The highest BCUT2D eigenvalue weighted by atomic mass is 19.1. The van der Waals surface area contributed by atoms with E-state index in [1.165, 1.54) is 18.9 Å². The van der Waals surface area contributed by atoms with E-state index in [2.05, 4.69) is 19.2 Å². The second-order valence-electron chi connectivity index (χ2n) is 5.99. The van der Waals surface area contributed by atoms with Gasteiger partial charge in [0, 0.05) is 18.5 Å². The van der Waals surface area contributed by atoms with Gasteiger partial charge < -0.3 is 10.1 Å². The number of hydrogen-bond acceptors (Lipinski definition) is 2. The lowest BCUT2D eigenvalue weighted by Gasteiger charge is -2.31. The van der Waals surface area contributed by atoms with E-state index in [-0.39, 0.29) is 17.3 Å². The molecule has 1 aliphatic heterocycles. The smallest absolute Gasteiger partial charge is 0.123 e. The summed E-state index contributed by atoms with van der Waals surface area (Å²) in [6.45, 7) is 5.51. The molecule has 2 nitrogen and oxygen atoms in total. The Labute approximate surface area is 115 Å². The molecule has 0 radical (unpaired) electrons. The van der Waals surface area contributed by atoms with Gasteiger partial charge in [0.15, 0.2) is 0 Å². The molecule has 3 heteroatoms. The lowest BCUT2D eigenvalue weighted by molar-refractivity contribution is 0.137. The minimum Gasteiger partial charge on any atom is -0.490 e. The predicted molar refractivity (Wildman–Crippen MR) is 76.1 cm³/mol. The van der Waals surface area contributed by atoms with Crippen molar-refractivity contribution in [1.29, 1.82) is 0 Å². The van der Waals surface area contributed by atoms with E-state index in [0.29, 0.717) is 0 Å². The molecular formula is C16H24FNO. The Kier molecular flexibility index (Phi) is 4.46. The third-order valence-electron chi connectivity index (χ3n) is 3.94. The first-order valence-electron chi connectivity index (χ1n) is 7.16. The molecule has 0 amide bonds. The summed E-state index contributed by atoms with van der Waals surface area (Å²) in [6, 6.07) is 4.82. The molecule has 1 aromatic carbocycles. The maximum absolute atomic E-state index is 13.2. The fraction of sp³-hybridized carbons (Fsp3) is 0.625. The van der Waals surface area contributed by atoms with Crippen LogP contribution in [0.5, 0.6) is 5.75 Å². The van der Waals surface area contributed by atoms with E-state index in [9.17, 15) is 4.39 Å². The summed E-state index contributed by atoms with van der Waals surface area (Å²) in [5.41, 5.74) is 1.25. The van der Waals surface area contributed by atoms with Crippen LogP contribution in [0.15, 0.2) is 18.2 Å². The molecule has 1 N–H and O–H groups in total. The summed E-state index contributed by atoms with van der Waals surface area (Å²) in [5, 5.41) is 3.28. The molecule has 1 heterocycles. The van der Waals surface area contributed by atoms with Crippen LogP contribution in [0.25, 0.3) is 0 Å². The van der Waals surface area contributed by atoms with Crippen LogP contribution in [0, 0.1) is 11.2 Å². The van der Waals surface area contributed by atoms with Gasteiger partial charge in [0.1, 0.15) is 17.7 Å². The second-order valence-corrected chi connectivity index (χ2v) is 5.99. The maximum atomic E-state index is 13.2. The van der Waals surface area contributed by atoms with Crippen LogP contribution >= 0.6 is 0 Å². The van der Waals surface area contributed by atoms with Crippen LogP contribution in [0.4, 0.5) is 4.39 Å². The zero-order valence-corrected chi connectivity index (χ0v) is 12.1. The van der Waals surface area contributed by atoms with Crippen molar-refractivity contribution < 1.29 is 9.13 Å². The molecule has 2 rings (SSSR count). The summed E-state index contributed by atoms with van der Waals surface area (Å²) < 4.78 is 19.2. The van der Waals surface area contributed by atoms with E-state index in [4.69, 9.17) is 4.74 Å². The third-order valence-corrected chi connectivity index (χ3v) is 3.94. The van der Waals surface area contributed by atoms with Crippen LogP contribution in [-0.2, 0) is 6.42 Å². The SMILES string of the molecule is CCCC(C)(CNC)CC1Cc2cc(F)ccc2O1. The molecule has 19 heavy (non-hydrogen) atoms. The van der Waals surface area contributed by atoms with Crippen LogP contribution in [-0.4, -0.2) is 19.7 Å². The Morgan fingerprint density at radius 3 is 2.95 bits per heavy atom. The molecule has 2 atom stereocenters. The number of ether oxygens (including phenoxy) is 1. The number of benzene rings is 1. The molecule has 2 unspecified atom stereocenters. The van der Waals surface area contributed by atoms with Gasteiger partial charge in [-0.15, -0.1) is 0 Å². The lowest BCUT2D eigenvalue weighted by Crippen LogP contribution is -2.34. The molecule has 0 bridgehead atoms. The van der Waals surface area contributed by atoms with Crippen LogP contribution in [0.3, 0.4) is 0 Å². The van der Waals surface area contributed by atoms with Crippen molar-refractivity contribution in [2.45, 2.75) is 45.6 Å². The molecule has 0 aliphatic carbocycles. The Bertz CT molecular complexity index is 427. The second kappa shape index (κ2) is 5.91. The van der Waals surface area contributed by atoms with Crippen molar-refractivity contribution in [1.82, 2.24) is 5.32 Å². The van der Waals surface area contributed by atoms with Crippen LogP contribution in [0.2, 0.25) is 0 Å². The molecule has 0 spiro atoms. The first kappa shape index (κ1) is 14.3. The molecule has 0 fully saturated rings. The van der Waals surface area contributed by atoms with E-state index < -0.39 is 0 Å². The summed E-state index contributed by atoms with van der Waals surface area (Å²) in [5.74, 6) is 0.684. The van der Waals surface area contributed by atoms with E-state index in [1.54, 1.807) is 12.1 Å². The predicted octanol–water partition coefficient (Wildman–Crippen LogP) is 3.55. The molecule has 1 aliphatic rings. The van der Waals surface area contributed by atoms with Gasteiger partial charge in [0.25, 0.3) is 0 Å². The summed E-state index contributed by atoms with van der Waals surface area (Å²) in [4.78, 5) is 0. The number of halogens is 1. The fourth-order valence-corrected chi connectivity index (χ4v) is 3.25. The van der Waals surface area contributed by atoms with Crippen molar-refractivity contribution in [3.05, 3.63) is 29.6 Å². The van der Waals surface area contributed by atoms with E-state index in [0.717, 1.165) is 30.7 Å². The number of hydrogen-bond donors (Lipinski definition) is 1. The van der Waals surface area contributed by atoms with Crippen LogP contribution in [0.1, 0.15) is 38.7 Å². The molecule has 0 saturated carbocycles. The molecule has 0 saturated heterocycles. The van der Waals surface area contributed by atoms with Gasteiger partial charge >= 0.3 is 0 Å². The highest BCUT2D eigenvalue weighted by molar-refractivity contribution is 5.37. The quantitative estimate of drug-likeness (QED) is 0.849. The minimum atomic E-state index is -0.172. The lowest BCUT2D eigenvalue weighted by atomic mass is 9.79. The first-order valence-corrected chi connectivity index (χ1v) is 7.16. The van der Waals surface area contributed by atoms with E-state index in [1.807, 2.05) is 7.05 Å². The first-order chi connectivity index (χ1) is 9.06. The molecular weight excluding hydrogens is 241 g/mol. The van der Waals surface area contributed by atoms with Gasteiger partial charge in [-0.3, -0.25) is 0 Å². The zero-order valence-electron chi connectivity index (χ0n) is 12.1. The molecule has 106 valence electrons. The number of fused-ring (bicyclic) bond motifs is 1.